The number of nitrogens with zero attached hydrogens (tertiary/aromatic N) is 1. The van der Waals surface area contributed by atoms with E-state index in [1.54, 1.807) is 18.2 Å². The van der Waals surface area contributed by atoms with Gasteiger partial charge in [-0.25, -0.2) is 0 Å². The number of benzene rings is 1. The number of fused-ring (bicyclic) bond motifs is 1. The van der Waals surface area contributed by atoms with Gasteiger partial charge in [0.1, 0.15) is 0 Å². The Bertz CT molecular complexity index is 536. The minimum atomic E-state index is -0.104. The summed E-state index contributed by atoms with van der Waals surface area (Å²) in [6, 6.07) is 5.11. The molecular formula is C14H15ClN2O2. The molecule has 1 heterocycles. The average Bonchev–Trinajstić information content (AvgIpc) is 2.94. The summed E-state index contributed by atoms with van der Waals surface area (Å²) >= 11 is 5.93. The van der Waals surface area contributed by atoms with Gasteiger partial charge in [0.05, 0.1) is 18.4 Å². The van der Waals surface area contributed by atoms with Crippen molar-refractivity contribution >= 4 is 29.1 Å². The van der Waals surface area contributed by atoms with Crippen LogP contribution in [0.4, 0.5) is 5.69 Å². The minimum absolute atomic E-state index is 0.0492. The highest BCUT2D eigenvalue weighted by Crippen LogP contribution is 2.40. The van der Waals surface area contributed by atoms with E-state index in [1.165, 1.54) is 4.90 Å². The Labute approximate surface area is 116 Å². The number of hydrogen-bond donors (Lipinski definition) is 1. The van der Waals surface area contributed by atoms with Gasteiger partial charge in [0.2, 0.25) is 11.8 Å². The molecule has 1 aromatic carbocycles. The van der Waals surface area contributed by atoms with Crippen LogP contribution >= 0.6 is 11.6 Å². The molecule has 2 atom stereocenters. The summed E-state index contributed by atoms with van der Waals surface area (Å²) in [4.78, 5) is 25.8. The predicted molar refractivity (Wildman–Crippen MR) is 72.3 cm³/mol. The molecule has 100 valence electrons. The van der Waals surface area contributed by atoms with Crippen molar-refractivity contribution in [3.8, 4) is 0 Å². The van der Waals surface area contributed by atoms with Crippen LogP contribution in [0.5, 0.6) is 0 Å². The van der Waals surface area contributed by atoms with Crippen LogP contribution in [0.2, 0.25) is 5.02 Å². The lowest BCUT2D eigenvalue weighted by Gasteiger charge is -2.17. The van der Waals surface area contributed by atoms with E-state index in [0.29, 0.717) is 10.7 Å². The van der Waals surface area contributed by atoms with E-state index in [9.17, 15) is 9.59 Å². The summed E-state index contributed by atoms with van der Waals surface area (Å²) < 4.78 is 0. The van der Waals surface area contributed by atoms with E-state index >= 15 is 0 Å². The summed E-state index contributed by atoms with van der Waals surface area (Å²) in [6.45, 7) is 0.233. The van der Waals surface area contributed by atoms with Gasteiger partial charge in [0.15, 0.2) is 0 Å². The van der Waals surface area contributed by atoms with E-state index in [0.717, 1.165) is 24.8 Å². The first kappa shape index (κ1) is 12.5. The summed E-state index contributed by atoms with van der Waals surface area (Å²) in [5, 5.41) is 0.559. The van der Waals surface area contributed by atoms with Crippen molar-refractivity contribution in [1.82, 2.24) is 4.90 Å². The first-order valence-electron chi connectivity index (χ1n) is 6.47. The highest BCUT2D eigenvalue weighted by Gasteiger charge is 2.49. The first-order chi connectivity index (χ1) is 9.08. The van der Waals surface area contributed by atoms with Gasteiger partial charge >= 0.3 is 0 Å². The number of amides is 2. The van der Waals surface area contributed by atoms with Crippen molar-refractivity contribution in [3.05, 3.63) is 28.8 Å². The molecule has 1 aromatic rings. The van der Waals surface area contributed by atoms with Gasteiger partial charge in [-0.05, 0) is 36.6 Å². The second-order valence-corrected chi connectivity index (χ2v) is 5.69. The highest BCUT2D eigenvalue weighted by molar-refractivity contribution is 6.30. The van der Waals surface area contributed by atoms with E-state index in [4.69, 9.17) is 17.3 Å². The Kier molecular flexibility index (Phi) is 2.97. The van der Waals surface area contributed by atoms with Crippen molar-refractivity contribution < 1.29 is 9.59 Å². The molecule has 2 aliphatic rings. The highest BCUT2D eigenvalue weighted by atomic mass is 35.5. The van der Waals surface area contributed by atoms with Crippen molar-refractivity contribution in [2.75, 3.05) is 5.73 Å². The predicted octanol–water partition coefficient (Wildman–Crippen LogP) is 2.21. The largest absolute Gasteiger partial charge is 0.398 e. The molecule has 0 aromatic heterocycles. The molecule has 2 fully saturated rings. The molecule has 0 spiro atoms. The molecule has 1 aliphatic carbocycles. The number of anilines is 1. The average molecular weight is 279 g/mol. The van der Waals surface area contributed by atoms with Crippen molar-refractivity contribution in [1.29, 1.82) is 0 Å². The van der Waals surface area contributed by atoms with Crippen LogP contribution in [0, 0.1) is 11.8 Å². The zero-order chi connectivity index (χ0) is 13.6. The fourth-order valence-electron chi connectivity index (χ4n) is 3.10. The van der Waals surface area contributed by atoms with E-state index < -0.39 is 0 Å². The first-order valence-corrected chi connectivity index (χ1v) is 6.85. The minimum Gasteiger partial charge on any atom is -0.398 e. The summed E-state index contributed by atoms with van der Waals surface area (Å²) in [5.41, 5.74) is 7.15. The standard InChI is InChI=1S/C14H15ClN2O2/c15-9-4-5-12(16)8(6-9)7-17-13(18)10-2-1-3-11(10)14(17)19/h4-6,10-11H,1-3,7,16H2. The molecule has 1 aliphatic heterocycles. The van der Waals surface area contributed by atoms with Crippen LogP contribution in [0.15, 0.2) is 18.2 Å². The number of carbonyl (C=O) groups excluding carboxylic acids is 2. The lowest BCUT2D eigenvalue weighted by Crippen LogP contribution is -2.31. The number of nitrogen functional groups attached to an aromatic ring is 1. The SMILES string of the molecule is Nc1ccc(Cl)cc1CN1C(=O)C2CCCC2C1=O. The number of rotatable bonds is 2. The monoisotopic (exact) mass is 278 g/mol. The van der Waals surface area contributed by atoms with E-state index in [1.807, 2.05) is 0 Å². The number of carbonyl (C=O) groups is 2. The fraction of sp³-hybridized carbons (Fsp3) is 0.429. The second-order valence-electron chi connectivity index (χ2n) is 5.25. The molecule has 2 N–H and O–H groups in total. The lowest BCUT2D eigenvalue weighted by atomic mass is 10.00. The molecule has 4 nitrogen and oxygen atoms in total. The van der Waals surface area contributed by atoms with Gasteiger partial charge in [-0.3, -0.25) is 14.5 Å². The fourth-order valence-corrected chi connectivity index (χ4v) is 3.29. The molecule has 2 unspecified atom stereocenters. The zero-order valence-corrected chi connectivity index (χ0v) is 11.2. The van der Waals surface area contributed by atoms with Crippen LogP contribution in [0.3, 0.4) is 0 Å². The number of halogens is 1. The Balaban J connectivity index is 1.86. The van der Waals surface area contributed by atoms with Gasteiger partial charge in [-0.1, -0.05) is 18.0 Å². The lowest BCUT2D eigenvalue weighted by molar-refractivity contribution is -0.141. The molecule has 5 heteroatoms. The maximum absolute atomic E-state index is 12.2. The summed E-state index contributed by atoms with van der Waals surface area (Å²) in [5.74, 6) is -0.306. The van der Waals surface area contributed by atoms with Gasteiger partial charge in [-0.15, -0.1) is 0 Å². The van der Waals surface area contributed by atoms with Gasteiger partial charge in [-0.2, -0.15) is 0 Å². The maximum Gasteiger partial charge on any atom is 0.233 e. The maximum atomic E-state index is 12.2. The Hall–Kier alpha value is -1.55. The number of hydrogen-bond acceptors (Lipinski definition) is 3. The van der Waals surface area contributed by atoms with E-state index in [2.05, 4.69) is 0 Å². The van der Waals surface area contributed by atoms with Gasteiger partial charge in [0, 0.05) is 10.7 Å². The topological polar surface area (TPSA) is 63.4 Å². The smallest absolute Gasteiger partial charge is 0.233 e. The molecule has 3 rings (SSSR count). The molecule has 0 radical (unpaired) electrons. The van der Waals surface area contributed by atoms with Gasteiger partial charge in [0.25, 0.3) is 0 Å². The van der Waals surface area contributed by atoms with Crippen LogP contribution in [0.1, 0.15) is 24.8 Å². The van der Waals surface area contributed by atoms with Crippen LogP contribution in [-0.4, -0.2) is 16.7 Å². The quantitative estimate of drug-likeness (QED) is 0.666. The second kappa shape index (κ2) is 4.53. The molecule has 19 heavy (non-hydrogen) atoms. The molecule has 1 saturated heterocycles. The Morgan fingerprint density at radius 3 is 2.47 bits per heavy atom. The Morgan fingerprint density at radius 2 is 1.84 bits per heavy atom. The van der Waals surface area contributed by atoms with Crippen LogP contribution in [-0.2, 0) is 16.1 Å². The van der Waals surface area contributed by atoms with Crippen molar-refractivity contribution in [2.45, 2.75) is 25.8 Å². The number of nitrogens with two attached hydrogens (primary N) is 1. The van der Waals surface area contributed by atoms with Crippen LogP contribution < -0.4 is 5.73 Å². The Morgan fingerprint density at radius 1 is 1.21 bits per heavy atom. The van der Waals surface area contributed by atoms with Crippen LogP contribution in [0.25, 0.3) is 0 Å². The summed E-state index contributed by atoms with van der Waals surface area (Å²) in [6.07, 6.45) is 2.63. The van der Waals surface area contributed by atoms with Crippen molar-refractivity contribution in [2.24, 2.45) is 11.8 Å². The summed E-state index contributed by atoms with van der Waals surface area (Å²) in [7, 11) is 0. The third-order valence-corrected chi connectivity index (χ3v) is 4.35. The molecule has 1 saturated carbocycles. The molecular weight excluding hydrogens is 264 g/mol. The van der Waals surface area contributed by atoms with Crippen molar-refractivity contribution in [3.63, 3.8) is 0 Å². The third-order valence-electron chi connectivity index (χ3n) is 4.12. The van der Waals surface area contributed by atoms with Gasteiger partial charge < -0.3 is 5.73 Å². The third kappa shape index (κ3) is 2.00. The number of likely N-dealkylation sites (tertiary alicyclic amines) is 1. The van der Waals surface area contributed by atoms with E-state index in [-0.39, 0.29) is 30.2 Å². The normalized spacial score (nSPS) is 26.1. The number of imide groups is 1. The molecule has 2 amide bonds. The molecule has 0 bridgehead atoms. The zero-order valence-electron chi connectivity index (χ0n) is 10.4.